The van der Waals surface area contributed by atoms with Crippen LogP contribution in [-0.4, -0.2) is 13.6 Å². The van der Waals surface area contributed by atoms with E-state index < -0.39 is 0 Å². The second-order valence-electron chi connectivity index (χ2n) is 5.12. The lowest BCUT2D eigenvalue weighted by molar-refractivity contribution is 0.490. The van der Waals surface area contributed by atoms with E-state index in [-0.39, 0.29) is 5.41 Å². The molecule has 0 amide bonds. The van der Waals surface area contributed by atoms with Gasteiger partial charge in [-0.05, 0) is 31.5 Å². The Labute approximate surface area is 122 Å². The normalized spacial score (nSPS) is 11.9. The summed E-state index contributed by atoms with van der Waals surface area (Å²) >= 11 is 0. The fraction of sp³-hybridized carbons (Fsp3) is 0.263. The Kier molecular flexibility index (Phi) is 5.14. The number of benzene rings is 2. The number of hydrogen-bond acceptors (Lipinski definition) is 1. The molecule has 1 nitrogen and oxygen atoms in total. The molecular formula is C19H23N. The van der Waals surface area contributed by atoms with Crippen LogP contribution in [0.2, 0.25) is 0 Å². The molecule has 2 aromatic carbocycles. The van der Waals surface area contributed by atoms with E-state index in [1.807, 2.05) is 7.05 Å². The van der Waals surface area contributed by atoms with Crippen LogP contribution in [0, 0.1) is 0 Å². The van der Waals surface area contributed by atoms with Gasteiger partial charge in [-0.2, -0.15) is 0 Å². The average Bonchev–Trinajstić information content (AvgIpc) is 2.53. The zero-order chi connectivity index (χ0) is 14.3. The summed E-state index contributed by atoms with van der Waals surface area (Å²) in [6.45, 7) is 3.01. The van der Waals surface area contributed by atoms with Crippen molar-refractivity contribution in [1.82, 2.24) is 5.32 Å². The van der Waals surface area contributed by atoms with Crippen molar-refractivity contribution < 1.29 is 0 Å². The molecule has 104 valence electrons. The van der Waals surface area contributed by atoms with Gasteiger partial charge in [0.25, 0.3) is 0 Å². The number of hydrogen-bond donors (Lipinski definition) is 1. The molecule has 0 saturated heterocycles. The summed E-state index contributed by atoms with van der Waals surface area (Å²) in [7, 11) is 2.02. The van der Waals surface area contributed by atoms with Gasteiger partial charge in [-0.15, -0.1) is 0 Å². The van der Waals surface area contributed by atoms with Crippen LogP contribution in [0.1, 0.15) is 24.5 Å². The molecule has 0 aliphatic heterocycles. The van der Waals surface area contributed by atoms with Crippen molar-refractivity contribution in [3.8, 4) is 0 Å². The maximum absolute atomic E-state index is 3.38. The van der Waals surface area contributed by atoms with E-state index in [0.29, 0.717) is 0 Å². The summed E-state index contributed by atoms with van der Waals surface area (Å²) in [6.07, 6.45) is 5.39. The number of rotatable bonds is 6. The minimum absolute atomic E-state index is 0.0101. The lowest BCUT2D eigenvalue weighted by Crippen LogP contribution is -2.37. The molecule has 0 aliphatic carbocycles. The third kappa shape index (κ3) is 3.00. The van der Waals surface area contributed by atoms with E-state index in [9.17, 15) is 0 Å². The molecule has 0 fully saturated rings. The zero-order valence-electron chi connectivity index (χ0n) is 12.3. The lowest BCUT2D eigenvalue weighted by Gasteiger charge is -2.34. The van der Waals surface area contributed by atoms with Gasteiger partial charge in [0, 0.05) is 12.0 Å². The topological polar surface area (TPSA) is 12.0 Å². The molecule has 0 spiro atoms. The van der Waals surface area contributed by atoms with Gasteiger partial charge >= 0.3 is 0 Å². The van der Waals surface area contributed by atoms with Gasteiger partial charge in [-0.25, -0.2) is 0 Å². The van der Waals surface area contributed by atoms with Crippen LogP contribution in [0.15, 0.2) is 72.8 Å². The molecule has 1 N–H and O–H groups in total. The highest BCUT2D eigenvalue weighted by Crippen LogP contribution is 2.35. The second kappa shape index (κ2) is 7.06. The van der Waals surface area contributed by atoms with Gasteiger partial charge in [0.05, 0.1) is 0 Å². The summed E-state index contributed by atoms with van der Waals surface area (Å²) in [5.74, 6) is 0. The Morgan fingerprint density at radius 2 is 1.40 bits per heavy atom. The van der Waals surface area contributed by atoms with Crippen molar-refractivity contribution in [1.29, 1.82) is 0 Å². The molecule has 2 rings (SSSR count). The first-order chi connectivity index (χ1) is 9.83. The standard InChI is InChI=1S/C19H23N/c1-3-4-15-19(16-20-2,17-11-7-5-8-12-17)18-13-9-6-10-14-18/h3-14,20H,15-16H2,1-2H3. The van der Waals surface area contributed by atoms with Crippen LogP contribution >= 0.6 is 0 Å². The number of likely N-dealkylation sites (N-methyl/N-ethyl adjacent to an activating group) is 1. The van der Waals surface area contributed by atoms with E-state index in [4.69, 9.17) is 0 Å². The van der Waals surface area contributed by atoms with Crippen molar-refractivity contribution in [3.05, 3.63) is 83.9 Å². The Hall–Kier alpha value is -1.86. The molecule has 0 unspecified atom stereocenters. The van der Waals surface area contributed by atoms with Crippen LogP contribution < -0.4 is 5.32 Å². The first-order valence-electron chi connectivity index (χ1n) is 7.20. The zero-order valence-corrected chi connectivity index (χ0v) is 12.3. The summed E-state index contributed by atoms with van der Waals surface area (Å²) in [5, 5.41) is 3.38. The fourth-order valence-corrected chi connectivity index (χ4v) is 2.81. The maximum atomic E-state index is 3.38. The number of allylic oxidation sites excluding steroid dienone is 2. The molecule has 1 heteroatoms. The first kappa shape index (κ1) is 14.5. The molecule has 0 atom stereocenters. The highest BCUT2D eigenvalue weighted by atomic mass is 14.8. The minimum Gasteiger partial charge on any atom is -0.319 e. The van der Waals surface area contributed by atoms with E-state index in [0.717, 1.165) is 13.0 Å². The highest BCUT2D eigenvalue weighted by Gasteiger charge is 2.32. The Bertz CT molecular complexity index is 489. The Balaban J connectivity index is 2.56. The van der Waals surface area contributed by atoms with Crippen molar-refractivity contribution in [2.24, 2.45) is 0 Å². The first-order valence-corrected chi connectivity index (χ1v) is 7.20. The SMILES string of the molecule is CC=CCC(CNC)(c1ccccc1)c1ccccc1. The summed E-state index contributed by atoms with van der Waals surface area (Å²) in [5.41, 5.74) is 2.71. The predicted octanol–water partition coefficient (Wildman–Crippen LogP) is 4.16. The molecule has 0 aromatic heterocycles. The van der Waals surface area contributed by atoms with E-state index in [2.05, 4.69) is 85.1 Å². The van der Waals surface area contributed by atoms with Gasteiger partial charge < -0.3 is 5.32 Å². The fourth-order valence-electron chi connectivity index (χ4n) is 2.81. The third-order valence-electron chi connectivity index (χ3n) is 3.83. The smallest absolute Gasteiger partial charge is 0.0361 e. The quantitative estimate of drug-likeness (QED) is 0.773. The molecule has 0 heterocycles. The largest absolute Gasteiger partial charge is 0.319 e. The van der Waals surface area contributed by atoms with Crippen LogP contribution in [-0.2, 0) is 5.41 Å². The van der Waals surface area contributed by atoms with Gasteiger partial charge in [-0.1, -0.05) is 72.8 Å². The highest BCUT2D eigenvalue weighted by molar-refractivity contribution is 5.40. The molecule has 20 heavy (non-hydrogen) atoms. The predicted molar refractivity (Wildman–Crippen MR) is 87.0 cm³/mol. The molecule has 0 radical (unpaired) electrons. The van der Waals surface area contributed by atoms with Crippen molar-refractivity contribution >= 4 is 0 Å². The summed E-state index contributed by atoms with van der Waals surface area (Å²) in [4.78, 5) is 0. The van der Waals surface area contributed by atoms with E-state index in [1.54, 1.807) is 0 Å². The summed E-state index contributed by atoms with van der Waals surface area (Å²) < 4.78 is 0. The van der Waals surface area contributed by atoms with Crippen molar-refractivity contribution in [3.63, 3.8) is 0 Å². The van der Waals surface area contributed by atoms with Gasteiger partial charge in [0.1, 0.15) is 0 Å². The van der Waals surface area contributed by atoms with Gasteiger partial charge in [0.15, 0.2) is 0 Å². The Morgan fingerprint density at radius 3 is 1.80 bits per heavy atom. The number of nitrogens with one attached hydrogen (secondary N) is 1. The van der Waals surface area contributed by atoms with Crippen molar-refractivity contribution in [2.45, 2.75) is 18.8 Å². The molecule has 0 saturated carbocycles. The van der Waals surface area contributed by atoms with Crippen LogP contribution in [0.5, 0.6) is 0 Å². The van der Waals surface area contributed by atoms with Crippen LogP contribution in [0.4, 0.5) is 0 Å². The van der Waals surface area contributed by atoms with E-state index >= 15 is 0 Å². The monoisotopic (exact) mass is 265 g/mol. The minimum atomic E-state index is -0.0101. The molecule has 0 bridgehead atoms. The maximum Gasteiger partial charge on any atom is 0.0361 e. The summed E-state index contributed by atoms with van der Waals surface area (Å²) in [6, 6.07) is 21.6. The Morgan fingerprint density at radius 1 is 0.900 bits per heavy atom. The van der Waals surface area contributed by atoms with Crippen molar-refractivity contribution in [2.75, 3.05) is 13.6 Å². The molecule has 2 aromatic rings. The third-order valence-corrected chi connectivity index (χ3v) is 3.83. The average molecular weight is 265 g/mol. The van der Waals surface area contributed by atoms with Crippen LogP contribution in [0.25, 0.3) is 0 Å². The molecular weight excluding hydrogens is 242 g/mol. The van der Waals surface area contributed by atoms with Gasteiger partial charge in [0.2, 0.25) is 0 Å². The van der Waals surface area contributed by atoms with E-state index in [1.165, 1.54) is 11.1 Å². The van der Waals surface area contributed by atoms with Gasteiger partial charge in [-0.3, -0.25) is 0 Å². The second-order valence-corrected chi connectivity index (χ2v) is 5.12. The lowest BCUT2D eigenvalue weighted by atomic mass is 9.72. The molecule has 0 aliphatic rings. The van der Waals surface area contributed by atoms with Crippen LogP contribution in [0.3, 0.4) is 0 Å².